The largest absolute Gasteiger partial charge is 0.486 e. The van der Waals surface area contributed by atoms with Gasteiger partial charge in [-0.1, -0.05) is 47.7 Å². The number of hydrogen-bond acceptors (Lipinski definition) is 6. The van der Waals surface area contributed by atoms with Crippen molar-refractivity contribution in [3.05, 3.63) is 76.6 Å². The summed E-state index contributed by atoms with van der Waals surface area (Å²) in [5, 5.41) is 12.6. The molecule has 0 spiro atoms. The number of rotatable bonds is 7. The van der Waals surface area contributed by atoms with Crippen molar-refractivity contribution in [1.82, 2.24) is 19.7 Å². The van der Waals surface area contributed by atoms with Crippen LogP contribution in [0.1, 0.15) is 22.6 Å². The van der Waals surface area contributed by atoms with Crippen LogP contribution in [0.3, 0.4) is 0 Å². The van der Waals surface area contributed by atoms with E-state index >= 15 is 0 Å². The van der Waals surface area contributed by atoms with Gasteiger partial charge in [0.05, 0.1) is 5.69 Å². The van der Waals surface area contributed by atoms with Gasteiger partial charge in [-0.15, -0.1) is 21.5 Å². The van der Waals surface area contributed by atoms with Crippen molar-refractivity contribution < 1.29 is 4.74 Å². The van der Waals surface area contributed by atoms with Crippen molar-refractivity contribution in [3.8, 4) is 16.3 Å². The average molecular weight is 423 g/mol. The van der Waals surface area contributed by atoms with Gasteiger partial charge < -0.3 is 9.30 Å². The topological polar surface area (TPSA) is 52.8 Å². The molecule has 7 heteroatoms. The maximum Gasteiger partial charge on any atom is 0.191 e. The number of aromatic nitrogens is 4. The second-order valence-electron chi connectivity index (χ2n) is 6.87. The van der Waals surface area contributed by atoms with E-state index in [9.17, 15) is 0 Å². The highest BCUT2D eigenvalue weighted by Crippen LogP contribution is 2.28. The molecule has 0 amide bonds. The van der Waals surface area contributed by atoms with Crippen molar-refractivity contribution in [2.45, 2.75) is 31.4 Å². The minimum Gasteiger partial charge on any atom is -0.486 e. The van der Waals surface area contributed by atoms with Crippen LogP contribution < -0.4 is 4.74 Å². The first-order valence-corrected chi connectivity index (χ1v) is 11.2. The zero-order valence-corrected chi connectivity index (χ0v) is 18.3. The summed E-state index contributed by atoms with van der Waals surface area (Å²) in [6.45, 7) is 4.54. The molecule has 4 rings (SSSR count). The van der Waals surface area contributed by atoms with Crippen molar-refractivity contribution in [1.29, 1.82) is 0 Å². The van der Waals surface area contributed by atoms with Gasteiger partial charge in [0.2, 0.25) is 0 Å². The lowest BCUT2D eigenvalue weighted by Crippen LogP contribution is -2.04. The molecule has 0 radical (unpaired) electrons. The highest BCUT2D eigenvalue weighted by atomic mass is 32.2. The molecular formula is C22H22N4OS2. The van der Waals surface area contributed by atoms with E-state index in [1.54, 1.807) is 23.1 Å². The predicted molar refractivity (Wildman–Crippen MR) is 118 cm³/mol. The third kappa shape index (κ3) is 4.86. The predicted octanol–water partition coefficient (Wildman–Crippen LogP) is 5.43. The van der Waals surface area contributed by atoms with E-state index in [1.165, 1.54) is 16.7 Å². The molecule has 0 bridgehead atoms. The number of thiazole rings is 1. The highest BCUT2D eigenvalue weighted by Gasteiger charge is 2.12. The monoisotopic (exact) mass is 422 g/mol. The number of ether oxygens (including phenoxy) is 1. The Labute approximate surface area is 178 Å². The molecule has 4 aromatic rings. The van der Waals surface area contributed by atoms with Crippen LogP contribution in [0.25, 0.3) is 10.6 Å². The van der Waals surface area contributed by atoms with Gasteiger partial charge in [0.25, 0.3) is 0 Å². The van der Waals surface area contributed by atoms with Crippen molar-refractivity contribution in [2.75, 3.05) is 0 Å². The van der Waals surface area contributed by atoms with Crippen LogP contribution >= 0.6 is 23.1 Å². The normalized spacial score (nSPS) is 11.0. The molecule has 148 valence electrons. The first-order chi connectivity index (χ1) is 14.1. The van der Waals surface area contributed by atoms with Gasteiger partial charge in [-0.2, -0.15) is 0 Å². The Morgan fingerprint density at radius 3 is 2.62 bits per heavy atom. The number of benzene rings is 2. The van der Waals surface area contributed by atoms with Crippen LogP contribution in [0, 0.1) is 13.8 Å². The Morgan fingerprint density at radius 1 is 1.03 bits per heavy atom. The highest BCUT2D eigenvalue weighted by molar-refractivity contribution is 7.98. The van der Waals surface area contributed by atoms with E-state index in [2.05, 4.69) is 46.8 Å². The molecule has 0 aliphatic carbocycles. The molecule has 2 aromatic carbocycles. The third-order valence-corrected chi connectivity index (χ3v) is 6.44. The summed E-state index contributed by atoms with van der Waals surface area (Å²) in [5.74, 6) is 2.40. The molecule has 5 nitrogen and oxygen atoms in total. The van der Waals surface area contributed by atoms with Crippen LogP contribution in [-0.4, -0.2) is 19.7 Å². The molecule has 0 aliphatic heterocycles. The maximum absolute atomic E-state index is 5.85. The summed E-state index contributed by atoms with van der Waals surface area (Å²) in [6, 6.07) is 16.4. The minimum absolute atomic E-state index is 0.391. The lowest BCUT2D eigenvalue weighted by Gasteiger charge is -2.07. The summed E-state index contributed by atoms with van der Waals surface area (Å²) >= 11 is 3.31. The number of aryl methyl sites for hydroxylation is 2. The second-order valence-corrected chi connectivity index (χ2v) is 8.67. The van der Waals surface area contributed by atoms with E-state index in [4.69, 9.17) is 9.72 Å². The van der Waals surface area contributed by atoms with Crippen LogP contribution in [0.5, 0.6) is 5.75 Å². The van der Waals surface area contributed by atoms with Crippen molar-refractivity contribution >= 4 is 23.1 Å². The fourth-order valence-electron chi connectivity index (χ4n) is 2.87. The molecule has 2 heterocycles. The molecule has 0 N–H and O–H groups in total. The van der Waals surface area contributed by atoms with Gasteiger partial charge in [-0.25, -0.2) is 4.98 Å². The number of nitrogens with zero attached hydrogens (tertiary/aromatic N) is 4. The van der Waals surface area contributed by atoms with Crippen molar-refractivity contribution in [3.63, 3.8) is 0 Å². The van der Waals surface area contributed by atoms with Gasteiger partial charge in [-0.3, -0.25) is 0 Å². The lowest BCUT2D eigenvalue weighted by molar-refractivity contribution is 0.290. The summed E-state index contributed by atoms with van der Waals surface area (Å²) in [7, 11) is 1.97. The van der Waals surface area contributed by atoms with Gasteiger partial charge in [0.1, 0.15) is 17.4 Å². The SMILES string of the molecule is Cc1cccc(OCc2nnc(SCc3csc(-c4cccc(C)c4)n3)n2C)c1. The Hall–Kier alpha value is -2.64. The van der Waals surface area contributed by atoms with E-state index in [0.717, 1.165) is 33.2 Å². The Bertz CT molecular complexity index is 1120. The number of hydrogen-bond donors (Lipinski definition) is 0. The molecule has 0 saturated carbocycles. The average Bonchev–Trinajstić information content (AvgIpc) is 3.32. The molecule has 0 saturated heterocycles. The van der Waals surface area contributed by atoms with Crippen LogP contribution in [0.4, 0.5) is 0 Å². The van der Waals surface area contributed by atoms with E-state index in [-0.39, 0.29) is 0 Å². The first-order valence-electron chi connectivity index (χ1n) is 9.30. The quantitative estimate of drug-likeness (QED) is 0.372. The van der Waals surface area contributed by atoms with Gasteiger partial charge in [0.15, 0.2) is 11.0 Å². The molecule has 2 aromatic heterocycles. The van der Waals surface area contributed by atoms with Gasteiger partial charge >= 0.3 is 0 Å². The molecule has 0 fully saturated rings. The second kappa shape index (κ2) is 8.80. The van der Waals surface area contributed by atoms with E-state index in [0.29, 0.717) is 6.61 Å². The smallest absolute Gasteiger partial charge is 0.191 e. The summed E-state index contributed by atoms with van der Waals surface area (Å²) in [6.07, 6.45) is 0. The molecule has 29 heavy (non-hydrogen) atoms. The lowest BCUT2D eigenvalue weighted by atomic mass is 10.1. The third-order valence-electron chi connectivity index (χ3n) is 4.45. The molecule has 0 atom stereocenters. The number of thioether (sulfide) groups is 1. The fraction of sp³-hybridized carbons (Fsp3) is 0.227. The molecule has 0 unspecified atom stereocenters. The zero-order valence-electron chi connectivity index (χ0n) is 16.6. The van der Waals surface area contributed by atoms with Gasteiger partial charge in [-0.05, 0) is 37.6 Å². The van der Waals surface area contributed by atoms with E-state index < -0.39 is 0 Å². The Kier molecular flexibility index (Phi) is 5.97. The standard InChI is InChI=1S/C22H22N4OS2/c1-15-6-4-8-17(10-15)21-23-18(13-28-21)14-29-22-25-24-20(26(22)3)12-27-19-9-5-7-16(2)11-19/h4-11,13H,12,14H2,1-3H3. The summed E-state index contributed by atoms with van der Waals surface area (Å²) in [5.41, 5.74) is 4.63. The van der Waals surface area contributed by atoms with Crippen molar-refractivity contribution in [2.24, 2.45) is 7.05 Å². The molecule has 0 aliphatic rings. The summed E-state index contributed by atoms with van der Waals surface area (Å²) in [4.78, 5) is 4.77. The first kappa shape index (κ1) is 19.7. The summed E-state index contributed by atoms with van der Waals surface area (Å²) < 4.78 is 7.83. The van der Waals surface area contributed by atoms with Crippen LogP contribution in [0.2, 0.25) is 0 Å². The Balaban J connectivity index is 1.37. The minimum atomic E-state index is 0.391. The molecular weight excluding hydrogens is 400 g/mol. The van der Waals surface area contributed by atoms with Crippen LogP contribution in [0.15, 0.2) is 59.1 Å². The zero-order chi connectivity index (χ0) is 20.2. The Morgan fingerprint density at radius 2 is 1.83 bits per heavy atom. The van der Waals surface area contributed by atoms with Gasteiger partial charge in [0, 0.05) is 23.7 Å². The fourth-order valence-corrected chi connectivity index (χ4v) is 4.62. The van der Waals surface area contributed by atoms with E-state index in [1.807, 2.05) is 42.8 Å². The van der Waals surface area contributed by atoms with Crippen LogP contribution in [-0.2, 0) is 19.4 Å². The maximum atomic E-state index is 5.85.